The van der Waals surface area contributed by atoms with Crippen LogP contribution < -0.4 is 19.7 Å². The van der Waals surface area contributed by atoms with Crippen LogP contribution in [0.2, 0.25) is 5.02 Å². The van der Waals surface area contributed by atoms with Gasteiger partial charge in [-0.15, -0.1) is 0 Å². The molecule has 0 atom stereocenters. The van der Waals surface area contributed by atoms with Gasteiger partial charge in [0.05, 0.1) is 19.4 Å². The highest BCUT2D eigenvalue weighted by Crippen LogP contribution is 2.35. The third kappa shape index (κ3) is 4.20. The van der Waals surface area contributed by atoms with Crippen LogP contribution >= 0.6 is 27.5 Å². The van der Waals surface area contributed by atoms with Crippen molar-refractivity contribution in [3.05, 3.63) is 56.5 Å². The number of rotatable bonds is 5. The van der Waals surface area contributed by atoms with Crippen molar-refractivity contribution in [2.75, 3.05) is 18.6 Å². The van der Waals surface area contributed by atoms with Crippen LogP contribution in [0.25, 0.3) is 6.08 Å². The molecule has 30 heavy (non-hydrogen) atoms. The van der Waals surface area contributed by atoms with Crippen LogP contribution in [0.4, 0.5) is 10.5 Å². The summed E-state index contributed by atoms with van der Waals surface area (Å²) in [5.41, 5.74) is 1.35. The number of nitrogens with one attached hydrogen (secondary N) is 1. The Morgan fingerprint density at radius 3 is 2.53 bits per heavy atom. The first-order valence-electron chi connectivity index (χ1n) is 8.94. The zero-order valence-electron chi connectivity index (χ0n) is 16.4. The maximum atomic E-state index is 13.1. The Balaban J connectivity index is 2.06. The van der Waals surface area contributed by atoms with Crippen molar-refractivity contribution >= 4 is 57.1 Å². The van der Waals surface area contributed by atoms with E-state index >= 15 is 0 Å². The second-order valence-electron chi connectivity index (χ2n) is 6.35. The number of ether oxygens (including phenoxy) is 2. The summed E-state index contributed by atoms with van der Waals surface area (Å²) in [5.74, 6) is -0.599. The molecule has 0 aliphatic carbocycles. The summed E-state index contributed by atoms with van der Waals surface area (Å²) >= 11 is 9.54. The topological polar surface area (TPSA) is 84.9 Å². The van der Waals surface area contributed by atoms with Crippen LogP contribution in [0, 0.1) is 6.92 Å². The molecule has 3 rings (SSSR count). The smallest absolute Gasteiger partial charge is 0.335 e. The number of hydrogen-bond acceptors (Lipinski definition) is 5. The van der Waals surface area contributed by atoms with Crippen molar-refractivity contribution in [3.63, 3.8) is 0 Å². The fourth-order valence-corrected chi connectivity index (χ4v) is 3.47. The SMILES string of the molecule is CCOc1cc(/C=C2/C(=O)NC(=O)N(c3ccc(C)c(Cl)c3)C2=O)c(Br)cc1OC. The minimum Gasteiger partial charge on any atom is -0.493 e. The summed E-state index contributed by atoms with van der Waals surface area (Å²) in [5, 5.41) is 2.59. The number of methoxy groups -OCH3 is 1. The van der Waals surface area contributed by atoms with Gasteiger partial charge in [-0.3, -0.25) is 14.9 Å². The monoisotopic (exact) mass is 492 g/mol. The summed E-state index contributed by atoms with van der Waals surface area (Å²) in [6.45, 7) is 4.04. The van der Waals surface area contributed by atoms with E-state index in [2.05, 4.69) is 21.2 Å². The third-order valence-electron chi connectivity index (χ3n) is 4.40. The van der Waals surface area contributed by atoms with Crippen molar-refractivity contribution in [3.8, 4) is 11.5 Å². The largest absolute Gasteiger partial charge is 0.493 e. The molecule has 0 aromatic heterocycles. The van der Waals surface area contributed by atoms with Gasteiger partial charge >= 0.3 is 6.03 Å². The maximum Gasteiger partial charge on any atom is 0.335 e. The van der Waals surface area contributed by atoms with Crippen molar-refractivity contribution in [2.45, 2.75) is 13.8 Å². The van der Waals surface area contributed by atoms with Crippen molar-refractivity contribution in [1.82, 2.24) is 5.32 Å². The highest BCUT2D eigenvalue weighted by molar-refractivity contribution is 9.10. The maximum absolute atomic E-state index is 13.1. The molecule has 1 aliphatic heterocycles. The molecule has 0 radical (unpaired) electrons. The summed E-state index contributed by atoms with van der Waals surface area (Å²) in [6.07, 6.45) is 1.39. The molecule has 1 saturated heterocycles. The van der Waals surface area contributed by atoms with E-state index in [-0.39, 0.29) is 11.3 Å². The number of aryl methyl sites for hydroxylation is 1. The zero-order chi connectivity index (χ0) is 22.0. The van der Waals surface area contributed by atoms with Crippen LogP contribution in [-0.4, -0.2) is 31.6 Å². The first-order valence-corrected chi connectivity index (χ1v) is 10.1. The number of hydrogen-bond donors (Lipinski definition) is 1. The number of carbonyl (C=O) groups is 3. The summed E-state index contributed by atoms with van der Waals surface area (Å²) < 4.78 is 11.4. The molecule has 1 fully saturated rings. The predicted octanol–water partition coefficient (Wildman–Crippen LogP) is 4.48. The molecule has 1 aliphatic rings. The van der Waals surface area contributed by atoms with Crippen LogP contribution in [0.3, 0.4) is 0 Å². The van der Waals surface area contributed by atoms with Crippen molar-refractivity contribution in [2.24, 2.45) is 0 Å². The normalized spacial score (nSPS) is 15.4. The number of anilines is 1. The van der Waals surface area contributed by atoms with E-state index in [0.29, 0.717) is 33.2 Å². The summed E-state index contributed by atoms with van der Waals surface area (Å²) in [6, 6.07) is 7.24. The molecule has 2 aromatic rings. The van der Waals surface area contributed by atoms with Gasteiger partial charge < -0.3 is 9.47 Å². The average molecular weight is 494 g/mol. The number of amides is 4. The minimum atomic E-state index is -0.842. The summed E-state index contributed by atoms with van der Waals surface area (Å²) in [4.78, 5) is 38.7. The van der Waals surface area contributed by atoms with E-state index in [9.17, 15) is 14.4 Å². The molecule has 7 nitrogen and oxygen atoms in total. The molecule has 0 bridgehead atoms. The van der Waals surface area contributed by atoms with Crippen LogP contribution in [0.15, 0.2) is 40.4 Å². The lowest BCUT2D eigenvalue weighted by molar-refractivity contribution is -0.122. The van der Waals surface area contributed by atoms with Gasteiger partial charge in [0.2, 0.25) is 0 Å². The fourth-order valence-electron chi connectivity index (χ4n) is 2.86. The quantitative estimate of drug-likeness (QED) is 0.490. The number of carbonyl (C=O) groups excluding carboxylic acids is 3. The lowest BCUT2D eigenvalue weighted by Crippen LogP contribution is -2.54. The highest BCUT2D eigenvalue weighted by atomic mass is 79.9. The predicted molar refractivity (Wildman–Crippen MR) is 117 cm³/mol. The molecule has 156 valence electrons. The van der Waals surface area contributed by atoms with Crippen LogP contribution in [0.1, 0.15) is 18.1 Å². The Labute approximate surface area is 186 Å². The van der Waals surface area contributed by atoms with E-state index in [4.69, 9.17) is 21.1 Å². The van der Waals surface area contributed by atoms with E-state index in [1.807, 2.05) is 6.92 Å². The van der Waals surface area contributed by atoms with Gasteiger partial charge in [-0.25, -0.2) is 9.69 Å². The molecule has 2 aromatic carbocycles. The second kappa shape index (κ2) is 8.89. The highest BCUT2D eigenvalue weighted by Gasteiger charge is 2.37. The van der Waals surface area contributed by atoms with Gasteiger partial charge in [-0.1, -0.05) is 33.6 Å². The minimum absolute atomic E-state index is 0.209. The number of urea groups is 1. The Hall–Kier alpha value is -2.84. The molecule has 1 heterocycles. The third-order valence-corrected chi connectivity index (χ3v) is 5.49. The first kappa shape index (κ1) is 21.9. The van der Waals surface area contributed by atoms with Gasteiger partial charge in [0.1, 0.15) is 5.57 Å². The molecule has 1 N–H and O–H groups in total. The fraction of sp³-hybridized carbons (Fsp3) is 0.190. The first-order chi connectivity index (χ1) is 14.3. The van der Waals surface area contributed by atoms with Gasteiger partial charge in [0, 0.05) is 9.50 Å². The molecule has 0 unspecified atom stereocenters. The van der Waals surface area contributed by atoms with E-state index in [1.165, 1.54) is 19.3 Å². The zero-order valence-corrected chi connectivity index (χ0v) is 18.8. The average Bonchev–Trinajstić information content (AvgIpc) is 2.69. The standard InChI is InChI=1S/C21H18BrClN2O5/c1-4-30-18-8-12(15(22)10-17(18)29-3)7-14-19(26)24-21(28)25(20(14)27)13-6-5-11(2)16(23)9-13/h5-10H,4H2,1-3H3,(H,24,26,28)/b14-7-. The summed E-state index contributed by atoms with van der Waals surface area (Å²) in [7, 11) is 1.51. The number of benzene rings is 2. The van der Waals surface area contributed by atoms with E-state index in [0.717, 1.165) is 10.5 Å². The van der Waals surface area contributed by atoms with Crippen molar-refractivity contribution in [1.29, 1.82) is 0 Å². The van der Waals surface area contributed by atoms with Gasteiger partial charge in [-0.05, 0) is 55.3 Å². The number of nitrogens with zero attached hydrogens (tertiary/aromatic N) is 1. The van der Waals surface area contributed by atoms with Gasteiger partial charge in [-0.2, -0.15) is 0 Å². The molecule has 0 spiro atoms. The van der Waals surface area contributed by atoms with Crippen LogP contribution in [-0.2, 0) is 9.59 Å². The number of barbiturate groups is 1. The Bertz CT molecular complexity index is 1080. The van der Waals surface area contributed by atoms with Gasteiger partial charge in [0.15, 0.2) is 11.5 Å². The van der Waals surface area contributed by atoms with E-state index in [1.54, 1.807) is 31.2 Å². The van der Waals surface area contributed by atoms with Crippen molar-refractivity contribution < 1.29 is 23.9 Å². The Morgan fingerprint density at radius 1 is 1.17 bits per heavy atom. The molecular formula is C21H18BrClN2O5. The molecule has 0 saturated carbocycles. The number of imide groups is 2. The second-order valence-corrected chi connectivity index (χ2v) is 7.61. The lowest BCUT2D eigenvalue weighted by Gasteiger charge is -2.26. The molecule has 9 heteroatoms. The van der Waals surface area contributed by atoms with E-state index < -0.39 is 17.8 Å². The van der Waals surface area contributed by atoms with Crippen LogP contribution in [0.5, 0.6) is 11.5 Å². The molecular weight excluding hydrogens is 476 g/mol. The lowest BCUT2D eigenvalue weighted by atomic mass is 10.1. The molecule has 4 amide bonds. The Kier molecular flexibility index (Phi) is 6.48. The number of halogens is 2. The Morgan fingerprint density at radius 2 is 1.90 bits per heavy atom. The van der Waals surface area contributed by atoms with Gasteiger partial charge in [0.25, 0.3) is 11.8 Å².